The van der Waals surface area contributed by atoms with Gasteiger partial charge >= 0.3 is 0 Å². The SMILES string of the molecule is Cc1cccc(Nc2ccc(NC(=O)CC(C)C)cc2)c1C. The van der Waals surface area contributed by atoms with Gasteiger partial charge in [-0.05, 0) is 61.2 Å². The second-order valence-electron chi connectivity index (χ2n) is 6.10. The maximum Gasteiger partial charge on any atom is 0.224 e. The van der Waals surface area contributed by atoms with Gasteiger partial charge < -0.3 is 10.6 Å². The lowest BCUT2D eigenvalue weighted by Crippen LogP contribution is -2.13. The van der Waals surface area contributed by atoms with Gasteiger partial charge in [0.2, 0.25) is 5.91 Å². The number of anilines is 3. The molecule has 0 unspecified atom stereocenters. The summed E-state index contributed by atoms with van der Waals surface area (Å²) in [5.41, 5.74) is 5.46. The first-order valence-electron chi connectivity index (χ1n) is 7.69. The van der Waals surface area contributed by atoms with Gasteiger partial charge in [-0.1, -0.05) is 26.0 Å². The number of hydrogen-bond acceptors (Lipinski definition) is 2. The van der Waals surface area contributed by atoms with Crippen LogP contribution in [0.4, 0.5) is 17.1 Å². The van der Waals surface area contributed by atoms with Crippen LogP contribution < -0.4 is 10.6 Å². The Labute approximate surface area is 132 Å². The highest BCUT2D eigenvalue weighted by Gasteiger charge is 2.05. The van der Waals surface area contributed by atoms with Crippen LogP contribution in [0, 0.1) is 19.8 Å². The Balaban J connectivity index is 2.03. The quantitative estimate of drug-likeness (QED) is 0.812. The third-order valence-electron chi connectivity index (χ3n) is 3.65. The summed E-state index contributed by atoms with van der Waals surface area (Å²) in [6, 6.07) is 14.0. The lowest BCUT2D eigenvalue weighted by atomic mass is 10.1. The second-order valence-corrected chi connectivity index (χ2v) is 6.10. The van der Waals surface area contributed by atoms with E-state index in [0.29, 0.717) is 12.3 Å². The second kappa shape index (κ2) is 7.12. The van der Waals surface area contributed by atoms with Gasteiger partial charge in [-0.15, -0.1) is 0 Å². The number of benzene rings is 2. The molecule has 0 aliphatic heterocycles. The Morgan fingerprint density at radius 1 is 1.00 bits per heavy atom. The topological polar surface area (TPSA) is 41.1 Å². The Hall–Kier alpha value is -2.29. The van der Waals surface area contributed by atoms with Crippen LogP contribution >= 0.6 is 0 Å². The molecule has 22 heavy (non-hydrogen) atoms. The number of nitrogens with one attached hydrogen (secondary N) is 2. The molecule has 0 spiro atoms. The van der Waals surface area contributed by atoms with E-state index in [-0.39, 0.29) is 5.91 Å². The van der Waals surface area contributed by atoms with Crippen LogP contribution in [0.2, 0.25) is 0 Å². The molecule has 3 nitrogen and oxygen atoms in total. The number of hydrogen-bond donors (Lipinski definition) is 2. The van der Waals surface area contributed by atoms with Gasteiger partial charge in [0.25, 0.3) is 0 Å². The minimum atomic E-state index is 0.0604. The highest BCUT2D eigenvalue weighted by Crippen LogP contribution is 2.23. The summed E-state index contributed by atoms with van der Waals surface area (Å²) >= 11 is 0. The smallest absolute Gasteiger partial charge is 0.224 e. The maximum absolute atomic E-state index is 11.8. The summed E-state index contributed by atoms with van der Waals surface area (Å²) in [5.74, 6) is 0.426. The van der Waals surface area contributed by atoms with Crippen molar-refractivity contribution < 1.29 is 4.79 Å². The first kappa shape index (κ1) is 16.1. The maximum atomic E-state index is 11.8. The van der Waals surface area contributed by atoms with E-state index in [0.717, 1.165) is 17.1 Å². The zero-order valence-electron chi connectivity index (χ0n) is 13.7. The minimum absolute atomic E-state index is 0.0604. The van der Waals surface area contributed by atoms with Gasteiger partial charge in [0.1, 0.15) is 0 Å². The molecule has 116 valence electrons. The van der Waals surface area contributed by atoms with E-state index < -0.39 is 0 Å². The largest absolute Gasteiger partial charge is 0.355 e. The monoisotopic (exact) mass is 296 g/mol. The molecule has 0 heterocycles. The molecule has 2 rings (SSSR count). The molecule has 0 saturated carbocycles. The predicted octanol–water partition coefficient (Wildman–Crippen LogP) is 5.03. The number of amides is 1. The van der Waals surface area contributed by atoms with E-state index in [9.17, 15) is 4.79 Å². The molecule has 0 aliphatic carbocycles. The highest BCUT2D eigenvalue weighted by atomic mass is 16.1. The summed E-state index contributed by atoms with van der Waals surface area (Å²) in [5, 5.41) is 6.33. The van der Waals surface area contributed by atoms with E-state index >= 15 is 0 Å². The lowest BCUT2D eigenvalue weighted by Gasteiger charge is -2.12. The standard InChI is InChI=1S/C19H24N2O/c1-13(2)12-19(22)21-17-10-8-16(9-11-17)20-18-7-5-6-14(3)15(18)4/h5-11,13,20H,12H2,1-4H3,(H,21,22). The molecule has 3 heteroatoms. The van der Waals surface area contributed by atoms with Gasteiger partial charge in [-0.2, -0.15) is 0 Å². The third-order valence-corrected chi connectivity index (χ3v) is 3.65. The van der Waals surface area contributed by atoms with Crippen LogP contribution in [0.3, 0.4) is 0 Å². The van der Waals surface area contributed by atoms with Crippen molar-refractivity contribution in [3.05, 3.63) is 53.6 Å². The molecule has 0 aromatic heterocycles. The number of aryl methyl sites for hydroxylation is 1. The van der Waals surface area contributed by atoms with Crippen molar-refractivity contribution in [2.75, 3.05) is 10.6 Å². The molecular formula is C19H24N2O. The number of carbonyl (C=O) groups is 1. The van der Waals surface area contributed by atoms with Crippen molar-refractivity contribution in [2.24, 2.45) is 5.92 Å². The average molecular weight is 296 g/mol. The van der Waals surface area contributed by atoms with Crippen LogP contribution in [0.1, 0.15) is 31.4 Å². The van der Waals surface area contributed by atoms with Crippen molar-refractivity contribution in [3.63, 3.8) is 0 Å². The zero-order chi connectivity index (χ0) is 16.1. The normalized spacial score (nSPS) is 10.6. The van der Waals surface area contributed by atoms with Crippen molar-refractivity contribution >= 4 is 23.0 Å². The van der Waals surface area contributed by atoms with Gasteiger partial charge in [-0.3, -0.25) is 4.79 Å². The molecule has 0 radical (unpaired) electrons. The van der Waals surface area contributed by atoms with E-state index in [1.165, 1.54) is 11.1 Å². The van der Waals surface area contributed by atoms with Crippen LogP contribution in [0.25, 0.3) is 0 Å². The first-order valence-corrected chi connectivity index (χ1v) is 7.69. The van der Waals surface area contributed by atoms with Crippen molar-refractivity contribution in [3.8, 4) is 0 Å². The van der Waals surface area contributed by atoms with Gasteiger partial charge in [-0.25, -0.2) is 0 Å². The van der Waals surface area contributed by atoms with E-state index in [1.54, 1.807) is 0 Å². The molecule has 0 aliphatic rings. The predicted molar refractivity (Wildman–Crippen MR) is 93.7 cm³/mol. The van der Waals surface area contributed by atoms with Crippen molar-refractivity contribution in [1.29, 1.82) is 0 Å². The van der Waals surface area contributed by atoms with E-state index in [4.69, 9.17) is 0 Å². The van der Waals surface area contributed by atoms with Crippen LogP contribution in [-0.2, 0) is 4.79 Å². The summed E-state index contributed by atoms with van der Waals surface area (Å²) in [6.45, 7) is 8.29. The molecule has 0 saturated heterocycles. The third kappa shape index (κ3) is 4.35. The van der Waals surface area contributed by atoms with Crippen molar-refractivity contribution in [2.45, 2.75) is 34.1 Å². The van der Waals surface area contributed by atoms with Crippen LogP contribution in [-0.4, -0.2) is 5.91 Å². The summed E-state index contributed by atoms with van der Waals surface area (Å²) < 4.78 is 0. The van der Waals surface area contributed by atoms with Crippen LogP contribution in [0.5, 0.6) is 0 Å². The van der Waals surface area contributed by atoms with Gasteiger partial charge in [0.05, 0.1) is 0 Å². The lowest BCUT2D eigenvalue weighted by molar-refractivity contribution is -0.116. The minimum Gasteiger partial charge on any atom is -0.355 e. The molecule has 0 bridgehead atoms. The molecular weight excluding hydrogens is 272 g/mol. The average Bonchev–Trinajstić information content (AvgIpc) is 2.45. The number of carbonyl (C=O) groups excluding carboxylic acids is 1. The molecule has 2 N–H and O–H groups in total. The molecule has 0 fully saturated rings. The van der Waals surface area contributed by atoms with E-state index in [1.807, 2.05) is 44.2 Å². The van der Waals surface area contributed by atoms with Crippen molar-refractivity contribution in [1.82, 2.24) is 0 Å². The molecule has 0 atom stereocenters. The Bertz CT molecular complexity index is 645. The highest BCUT2D eigenvalue weighted by molar-refractivity contribution is 5.91. The Kier molecular flexibility index (Phi) is 5.21. The fourth-order valence-corrected chi connectivity index (χ4v) is 2.26. The van der Waals surface area contributed by atoms with Crippen LogP contribution in [0.15, 0.2) is 42.5 Å². The molecule has 2 aromatic carbocycles. The Morgan fingerprint density at radius 2 is 1.64 bits per heavy atom. The van der Waals surface area contributed by atoms with E-state index in [2.05, 4.69) is 36.6 Å². The summed E-state index contributed by atoms with van der Waals surface area (Å²) in [7, 11) is 0. The summed E-state index contributed by atoms with van der Waals surface area (Å²) in [6.07, 6.45) is 0.544. The fraction of sp³-hybridized carbons (Fsp3) is 0.316. The Morgan fingerprint density at radius 3 is 2.27 bits per heavy atom. The first-order chi connectivity index (χ1) is 10.5. The molecule has 2 aromatic rings. The fourth-order valence-electron chi connectivity index (χ4n) is 2.26. The zero-order valence-corrected chi connectivity index (χ0v) is 13.7. The van der Waals surface area contributed by atoms with Gasteiger partial charge in [0, 0.05) is 23.5 Å². The number of rotatable bonds is 5. The van der Waals surface area contributed by atoms with Gasteiger partial charge in [0.15, 0.2) is 0 Å². The molecule has 1 amide bonds. The summed E-state index contributed by atoms with van der Waals surface area (Å²) in [4.78, 5) is 11.8.